The summed E-state index contributed by atoms with van der Waals surface area (Å²) in [5, 5.41) is 8.99. The highest BCUT2D eigenvalue weighted by Gasteiger charge is 2.56. The Morgan fingerprint density at radius 1 is 1.05 bits per heavy atom. The van der Waals surface area contributed by atoms with Crippen LogP contribution in [-0.4, -0.2) is 38.3 Å². The molecule has 1 aliphatic rings. The summed E-state index contributed by atoms with van der Waals surface area (Å²) in [6.45, 7) is 13.6. The molecule has 0 heterocycles. The molecule has 2 rings (SSSR count). The van der Waals surface area contributed by atoms with Crippen LogP contribution in [0, 0.1) is 5.41 Å². The van der Waals surface area contributed by atoms with Gasteiger partial charge in [0.25, 0.3) is 0 Å². The normalized spacial score (nSPS) is 20.7. The van der Waals surface area contributed by atoms with Gasteiger partial charge in [-0.3, -0.25) is 14.4 Å². The molecule has 7 heteroatoms. The lowest BCUT2D eigenvalue weighted by molar-refractivity contribution is -0.158. The number of methoxy groups -OCH3 is 1. The smallest absolute Gasteiger partial charge is 0.319 e. The number of aliphatic carboxylic acids is 1. The fraction of sp³-hybridized carbons (Fsp3) is 0.719. The molecule has 0 amide bonds. The molecule has 0 saturated heterocycles. The highest BCUT2D eigenvalue weighted by Crippen LogP contribution is 2.51. The number of hydrogen-bond donors (Lipinski definition) is 1. The zero-order chi connectivity index (χ0) is 29.3. The number of ether oxygens (including phenoxy) is 1. The number of carboxylic acid groups (broad SMARTS) is 1. The zero-order valence-electron chi connectivity index (χ0n) is 25.4. The van der Waals surface area contributed by atoms with E-state index in [1.807, 2.05) is 0 Å². The molecule has 0 spiro atoms. The number of esters is 1. The van der Waals surface area contributed by atoms with Gasteiger partial charge in [-0.15, -0.1) is 0 Å². The van der Waals surface area contributed by atoms with Crippen LogP contribution in [0.5, 0.6) is 0 Å². The van der Waals surface area contributed by atoms with Gasteiger partial charge in [-0.05, 0) is 54.9 Å². The van der Waals surface area contributed by atoms with E-state index in [9.17, 15) is 14.4 Å². The number of ketones is 1. The Morgan fingerprint density at radius 3 is 2.26 bits per heavy atom. The van der Waals surface area contributed by atoms with Crippen molar-refractivity contribution in [3.63, 3.8) is 0 Å². The molecule has 0 aliphatic heterocycles. The van der Waals surface area contributed by atoms with E-state index in [0.717, 1.165) is 43.2 Å². The van der Waals surface area contributed by atoms with Gasteiger partial charge in [0.15, 0.2) is 14.1 Å². The Bertz CT molecular complexity index is 948. The lowest BCUT2D eigenvalue weighted by Crippen LogP contribution is -2.42. The van der Waals surface area contributed by atoms with Crippen molar-refractivity contribution in [1.82, 2.24) is 0 Å². The molecule has 1 aromatic rings. The second-order valence-electron chi connectivity index (χ2n) is 12.8. The maximum Gasteiger partial charge on any atom is 0.319 e. The Balaban J connectivity index is 2.28. The number of carbonyl (C=O) groups excluding carboxylic acids is 2. The van der Waals surface area contributed by atoms with Gasteiger partial charge in [0, 0.05) is 18.8 Å². The van der Waals surface area contributed by atoms with E-state index >= 15 is 0 Å². The second-order valence-corrected chi connectivity index (χ2v) is 17.6. The first-order chi connectivity index (χ1) is 18.3. The molecule has 1 saturated carbocycles. The lowest BCUT2D eigenvalue weighted by atomic mass is 9.70. The summed E-state index contributed by atoms with van der Waals surface area (Å²) < 4.78 is 12.1. The van der Waals surface area contributed by atoms with Crippen molar-refractivity contribution < 1.29 is 28.7 Å². The average Bonchev–Trinajstić information content (AvgIpc) is 3.21. The second kappa shape index (κ2) is 14.6. The first-order valence-electron chi connectivity index (χ1n) is 14.9. The quantitative estimate of drug-likeness (QED) is 0.0945. The van der Waals surface area contributed by atoms with Gasteiger partial charge in [-0.25, -0.2) is 0 Å². The summed E-state index contributed by atoms with van der Waals surface area (Å²) in [5.74, 6) is -1.49. The zero-order valence-corrected chi connectivity index (χ0v) is 26.4. The predicted octanol–water partition coefficient (Wildman–Crippen LogP) is 8.36. The molecular formula is C32H52O6Si. The van der Waals surface area contributed by atoms with Gasteiger partial charge in [-0.2, -0.15) is 0 Å². The van der Waals surface area contributed by atoms with Crippen LogP contribution in [0.25, 0.3) is 0 Å². The fourth-order valence-corrected chi connectivity index (χ4v) is 6.95. The molecule has 0 bridgehead atoms. The number of carboxylic acids is 1. The van der Waals surface area contributed by atoms with Crippen LogP contribution in [0.1, 0.15) is 128 Å². The first kappa shape index (κ1) is 33.2. The fourth-order valence-electron chi connectivity index (χ4n) is 5.63. The topological polar surface area (TPSA) is 89.9 Å². The van der Waals surface area contributed by atoms with Gasteiger partial charge in [0.2, 0.25) is 0 Å². The third kappa shape index (κ3) is 8.50. The van der Waals surface area contributed by atoms with Crippen LogP contribution >= 0.6 is 0 Å². The Morgan fingerprint density at radius 2 is 1.69 bits per heavy atom. The first-order valence-corrected chi connectivity index (χ1v) is 17.8. The summed E-state index contributed by atoms with van der Waals surface area (Å²) in [7, 11) is -0.609. The van der Waals surface area contributed by atoms with Crippen molar-refractivity contribution >= 4 is 26.0 Å². The van der Waals surface area contributed by atoms with Crippen LogP contribution in [0.2, 0.25) is 18.1 Å². The minimum Gasteiger partial charge on any atom is -0.481 e. The van der Waals surface area contributed by atoms with Crippen LogP contribution in [0.15, 0.2) is 24.3 Å². The number of Topliss-reactive ketones (excluding diaryl/α,β-unsaturated/α-hetero) is 1. The van der Waals surface area contributed by atoms with Crippen molar-refractivity contribution in [2.75, 3.05) is 7.11 Å². The molecule has 3 unspecified atom stereocenters. The summed E-state index contributed by atoms with van der Waals surface area (Å²) in [6, 6.07) is 8.45. The summed E-state index contributed by atoms with van der Waals surface area (Å²) in [4.78, 5) is 37.2. The third-order valence-electron chi connectivity index (χ3n) is 9.04. The molecule has 1 aliphatic carbocycles. The van der Waals surface area contributed by atoms with E-state index in [4.69, 9.17) is 14.3 Å². The van der Waals surface area contributed by atoms with Crippen LogP contribution in [0.3, 0.4) is 0 Å². The van der Waals surface area contributed by atoms with E-state index in [-0.39, 0.29) is 29.3 Å². The van der Waals surface area contributed by atoms with E-state index in [1.165, 1.54) is 13.5 Å². The largest absolute Gasteiger partial charge is 0.481 e. The highest BCUT2D eigenvalue weighted by molar-refractivity contribution is 6.74. The van der Waals surface area contributed by atoms with Gasteiger partial charge >= 0.3 is 11.9 Å². The summed E-state index contributed by atoms with van der Waals surface area (Å²) in [5.41, 5.74) is 0.993. The molecule has 1 N–H and O–H groups in total. The maximum absolute atomic E-state index is 13.3. The van der Waals surface area contributed by atoms with Crippen molar-refractivity contribution in [2.45, 2.75) is 135 Å². The summed E-state index contributed by atoms with van der Waals surface area (Å²) >= 11 is 0. The van der Waals surface area contributed by atoms with Crippen molar-refractivity contribution in [3.8, 4) is 0 Å². The van der Waals surface area contributed by atoms with Crippen molar-refractivity contribution in [2.24, 2.45) is 5.41 Å². The number of unbranched alkanes of at least 4 members (excludes halogenated alkanes) is 5. The molecule has 1 aromatic carbocycles. The molecule has 39 heavy (non-hydrogen) atoms. The maximum atomic E-state index is 13.3. The van der Waals surface area contributed by atoms with E-state index in [1.54, 1.807) is 0 Å². The minimum absolute atomic E-state index is 0.0346. The van der Waals surface area contributed by atoms with Crippen LogP contribution in [-0.2, 0) is 23.5 Å². The number of carbonyl (C=O) groups is 3. The van der Waals surface area contributed by atoms with E-state index in [2.05, 4.69) is 65.1 Å². The SMILES string of the molecule is CCCCCC(O[Si](C)(C)C(C)(C)C)c1ccc(C2CCC(=O)C2(CCCCCCC(=O)O)C(=O)OC)cc1. The molecule has 6 nitrogen and oxygen atoms in total. The average molecular weight is 561 g/mol. The molecule has 220 valence electrons. The Labute approximate surface area is 237 Å². The monoisotopic (exact) mass is 560 g/mol. The van der Waals surface area contributed by atoms with E-state index < -0.39 is 25.7 Å². The third-order valence-corrected chi connectivity index (χ3v) is 13.5. The standard InChI is InChI=1S/C32H52O6Si/c1-8-9-12-15-27(38-39(6,7)31(2,3)4)25-19-17-24(18-20-25)26-21-22-28(33)32(26,30(36)37-5)23-14-11-10-13-16-29(34)35/h17-20,26-27H,8-16,21-23H2,1-7H3,(H,34,35). The van der Waals surface area contributed by atoms with Gasteiger partial charge in [-0.1, -0.05) is 90.5 Å². The summed E-state index contributed by atoms with van der Waals surface area (Å²) in [6.07, 6.45) is 8.91. The number of rotatable bonds is 16. The van der Waals surface area contributed by atoms with Crippen molar-refractivity contribution in [3.05, 3.63) is 35.4 Å². The number of hydrogen-bond acceptors (Lipinski definition) is 5. The molecular weight excluding hydrogens is 508 g/mol. The van der Waals surface area contributed by atoms with Gasteiger partial charge < -0.3 is 14.3 Å². The Hall–Kier alpha value is -1.99. The van der Waals surface area contributed by atoms with Gasteiger partial charge in [0.05, 0.1) is 13.2 Å². The molecule has 0 aromatic heterocycles. The predicted molar refractivity (Wildman–Crippen MR) is 158 cm³/mol. The van der Waals surface area contributed by atoms with Gasteiger partial charge in [0.1, 0.15) is 5.41 Å². The van der Waals surface area contributed by atoms with E-state index in [0.29, 0.717) is 32.1 Å². The lowest BCUT2D eigenvalue weighted by Gasteiger charge is -2.39. The highest BCUT2D eigenvalue weighted by atomic mass is 28.4. The molecule has 1 fully saturated rings. The molecule has 0 radical (unpaired) electrons. The van der Waals surface area contributed by atoms with Crippen LogP contribution in [0.4, 0.5) is 0 Å². The van der Waals surface area contributed by atoms with Crippen molar-refractivity contribution in [1.29, 1.82) is 0 Å². The Kier molecular flexibility index (Phi) is 12.4. The minimum atomic E-state index is -1.97. The molecule has 3 atom stereocenters. The number of benzene rings is 1. The van der Waals surface area contributed by atoms with Crippen LogP contribution < -0.4 is 0 Å².